The van der Waals surface area contributed by atoms with Gasteiger partial charge in [0.15, 0.2) is 0 Å². The van der Waals surface area contributed by atoms with E-state index in [2.05, 4.69) is 5.10 Å². The van der Waals surface area contributed by atoms with Crippen molar-refractivity contribution in [1.29, 1.82) is 0 Å². The normalized spacial score (nSPS) is 16.0. The van der Waals surface area contributed by atoms with E-state index in [1.807, 2.05) is 47.1 Å². The van der Waals surface area contributed by atoms with Crippen molar-refractivity contribution in [3.63, 3.8) is 0 Å². The van der Waals surface area contributed by atoms with E-state index in [1.165, 1.54) is 11.1 Å². The van der Waals surface area contributed by atoms with Crippen molar-refractivity contribution < 1.29 is 4.79 Å². The number of rotatable bonds is 3. The quantitative estimate of drug-likeness (QED) is 0.531. The molecule has 1 aromatic heterocycles. The number of nitrogens with zero attached hydrogens (tertiary/aromatic N) is 2. The molecule has 3 aromatic rings. The topological polar surface area (TPSA) is 34.9 Å². The highest BCUT2D eigenvalue weighted by Gasteiger charge is 2.28. The predicted molar refractivity (Wildman–Crippen MR) is 101 cm³/mol. The summed E-state index contributed by atoms with van der Waals surface area (Å²) in [5, 5.41) is 5.30. The highest BCUT2D eigenvalue weighted by molar-refractivity contribution is 6.67. The molecule has 1 atom stereocenters. The fourth-order valence-electron chi connectivity index (χ4n) is 3.38. The molecule has 1 heterocycles. The lowest BCUT2D eigenvalue weighted by atomic mass is 10.1. The van der Waals surface area contributed by atoms with Gasteiger partial charge in [0.1, 0.15) is 5.69 Å². The maximum Gasteiger partial charge on any atom is 0.272 e. The summed E-state index contributed by atoms with van der Waals surface area (Å²) in [6, 6.07) is 15.2. The minimum absolute atomic E-state index is 0.0442. The van der Waals surface area contributed by atoms with E-state index in [9.17, 15) is 4.79 Å². The van der Waals surface area contributed by atoms with Gasteiger partial charge in [0.05, 0.1) is 11.7 Å². The second kappa shape index (κ2) is 6.49. The largest absolute Gasteiger partial charge is 0.274 e. The SMILES string of the molecule is O=C(Cl)c1cc(-c2ccc(Cl)cc2)n(C2CCc3cc(Cl)ccc32)n1. The number of carbonyl (C=O) groups excluding carboxylic acids is 1. The molecule has 126 valence electrons. The summed E-state index contributed by atoms with van der Waals surface area (Å²) in [5.74, 6) is 0. The van der Waals surface area contributed by atoms with Crippen LogP contribution in [0.1, 0.15) is 34.1 Å². The van der Waals surface area contributed by atoms with Gasteiger partial charge < -0.3 is 0 Å². The molecule has 0 N–H and O–H groups in total. The molecule has 6 heteroatoms. The van der Waals surface area contributed by atoms with Crippen LogP contribution in [0.3, 0.4) is 0 Å². The Morgan fingerprint density at radius 1 is 1.04 bits per heavy atom. The van der Waals surface area contributed by atoms with E-state index >= 15 is 0 Å². The van der Waals surface area contributed by atoms with Crippen LogP contribution in [0.4, 0.5) is 0 Å². The fourth-order valence-corrected chi connectivity index (χ4v) is 3.80. The Balaban J connectivity index is 1.85. The number of aromatic nitrogens is 2. The molecule has 1 unspecified atom stereocenters. The van der Waals surface area contributed by atoms with Crippen molar-refractivity contribution in [1.82, 2.24) is 9.78 Å². The van der Waals surface area contributed by atoms with Crippen LogP contribution in [-0.4, -0.2) is 15.0 Å². The van der Waals surface area contributed by atoms with Gasteiger partial charge in [-0.1, -0.05) is 41.4 Å². The molecule has 0 aliphatic heterocycles. The number of fused-ring (bicyclic) bond motifs is 1. The molecular weight excluding hydrogens is 379 g/mol. The van der Waals surface area contributed by atoms with Crippen LogP contribution in [0.15, 0.2) is 48.5 Å². The van der Waals surface area contributed by atoms with E-state index in [0.29, 0.717) is 5.02 Å². The standard InChI is InChI=1S/C19H13Cl3N2O/c20-13-4-1-11(2-5-13)18-10-16(19(22)25)23-24(18)17-8-3-12-9-14(21)6-7-15(12)17/h1-2,4-7,9-10,17H,3,8H2. The summed E-state index contributed by atoms with van der Waals surface area (Å²) in [5.41, 5.74) is 4.41. The second-order valence-electron chi connectivity index (χ2n) is 6.04. The fraction of sp³-hybridized carbons (Fsp3) is 0.158. The third-order valence-corrected chi connectivity index (χ3v) is 5.20. The Kier molecular flexibility index (Phi) is 4.32. The van der Waals surface area contributed by atoms with Gasteiger partial charge in [-0.2, -0.15) is 5.10 Å². The first-order valence-electron chi connectivity index (χ1n) is 7.86. The second-order valence-corrected chi connectivity index (χ2v) is 7.25. The summed E-state index contributed by atoms with van der Waals surface area (Å²) >= 11 is 17.8. The Hall–Kier alpha value is -1.81. The molecule has 0 saturated carbocycles. The van der Waals surface area contributed by atoms with Crippen molar-refractivity contribution in [2.24, 2.45) is 0 Å². The lowest BCUT2D eigenvalue weighted by molar-refractivity contribution is 0.107. The first kappa shape index (κ1) is 16.6. The number of hydrogen-bond acceptors (Lipinski definition) is 2. The lowest BCUT2D eigenvalue weighted by Crippen LogP contribution is -2.11. The van der Waals surface area contributed by atoms with E-state index < -0.39 is 5.24 Å². The van der Waals surface area contributed by atoms with Gasteiger partial charge in [0, 0.05) is 10.0 Å². The van der Waals surface area contributed by atoms with Crippen LogP contribution in [-0.2, 0) is 6.42 Å². The molecule has 3 nitrogen and oxygen atoms in total. The molecule has 2 aromatic carbocycles. The van der Waals surface area contributed by atoms with E-state index in [-0.39, 0.29) is 11.7 Å². The van der Waals surface area contributed by atoms with Gasteiger partial charge in [0.25, 0.3) is 5.24 Å². The molecule has 25 heavy (non-hydrogen) atoms. The maximum absolute atomic E-state index is 11.7. The number of hydrogen-bond donors (Lipinski definition) is 0. The molecule has 1 aliphatic carbocycles. The summed E-state index contributed by atoms with van der Waals surface area (Å²) in [4.78, 5) is 11.7. The minimum Gasteiger partial charge on any atom is -0.274 e. The Morgan fingerprint density at radius 3 is 2.48 bits per heavy atom. The lowest BCUT2D eigenvalue weighted by Gasteiger charge is -2.16. The summed E-state index contributed by atoms with van der Waals surface area (Å²) < 4.78 is 1.89. The zero-order chi connectivity index (χ0) is 17.6. The van der Waals surface area contributed by atoms with E-state index in [0.717, 1.165) is 29.1 Å². The third kappa shape index (κ3) is 3.08. The first-order valence-corrected chi connectivity index (χ1v) is 9.00. The minimum atomic E-state index is -0.566. The van der Waals surface area contributed by atoms with Crippen LogP contribution in [0.2, 0.25) is 10.0 Å². The maximum atomic E-state index is 11.7. The molecule has 0 saturated heterocycles. The smallest absolute Gasteiger partial charge is 0.272 e. The number of carbonyl (C=O) groups is 1. The third-order valence-electron chi connectivity index (χ3n) is 4.52. The monoisotopic (exact) mass is 390 g/mol. The van der Waals surface area contributed by atoms with Crippen molar-refractivity contribution in [3.8, 4) is 11.3 Å². The molecule has 1 aliphatic rings. The highest BCUT2D eigenvalue weighted by atomic mass is 35.5. The summed E-state index contributed by atoms with van der Waals surface area (Å²) in [6.45, 7) is 0. The molecule has 0 radical (unpaired) electrons. The average molecular weight is 392 g/mol. The van der Waals surface area contributed by atoms with Gasteiger partial charge in [0.2, 0.25) is 0 Å². The van der Waals surface area contributed by atoms with Crippen molar-refractivity contribution in [2.75, 3.05) is 0 Å². The molecule has 0 fully saturated rings. The summed E-state index contributed by atoms with van der Waals surface area (Å²) in [6.07, 6.45) is 1.82. The van der Waals surface area contributed by atoms with Crippen LogP contribution in [0.5, 0.6) is 0 Å². The molecule has 0 amide bonds. The molecule has 0 bridgehead atoms. The van der Waals surface area contributed by atoms with Crippen LogP contribution >= 0.6 is 34.8 Å². The van der Waals surface area contributed by atoms with Gasteiger partial charge >= 0.3 is 0 Å². The van der Waals surface area contributed by atoms with Gasteiger partial charge in [-0.25, -0.2) is 0 Å². The van der Waals surface area contributed by atoms with Gasteiger partial charge in [-0.05, 0) is 71.5 Å². The first-order chi connectivity index (χ1) is 12.0. The zero-order valence-electron chi connectivity index (χ0n) is 13.0. The Bertz CT molecular complexity index is 963. The number of aryl methyl sites for hydroxylation is 1. The number of benzene rings is 2. The predicted octanol–water partition coefficient (Wildman–Crippen LogP) is 5.77. The molecule has 0 spiro atoms. The van der Waals surface area contributed by atoms with Gasteiger partial charge in [-0.3, -0.25) is 9.48 Å². The Morgan fingerprint density at radius 2 is 1.76 bits per heavy atom. The van der Waals surface area contributed by atoms with E-state index in [4.69, 9.17) is 34.8 Å². The van der Waals surface area contributed by atoms with Crippen molar-refractivity contribution in [3.05, 3.63) is 75.4 Å². The average Bonchev–Trinajstić information content (AvgIpc) is 3.19. The highest BCUT2D eigenvalue weighted by Crippen LogP contribution is 2.38. The zero-order valence-corrected chi connectivity index (χ0v) is 15.3. The molecule has 4 rings (SSSR count). The van der Waals surface area contributed by atoms with Crippen molar-refractivity contribution in [2.45, 2.75) is 18.9 Å². The van der Waals surface area contributed by atoms with Crippen LogP contribution in [0.25, 0.3) is 11.3 Å². The van der Waals surface area contributed by atoms with Crippen LogP contribution in [0, 0.1) is 0 Å². The summed E-state index contributed by atoms with van der Waals surface area (Å²) in [7, 11) is 0. The number of halogens is 3. The van der Waals surface area contributed by atoms with E-state index in [1.54, 1.807) is 6.07 Å². The Labute approximate surface area is 160 Å². The van der Waals surface area contributed by atoms with Crippen LogP contribution < -0.4 is 0 Å². The molecular formula is C19H13Cl3N2O. The van der Waals surface area contributed by atoms with Gasteiger partial charge in [-0.15, -0.1) is 0 Å². The van der Waals surface area contributed by atoms with Crippen molar-refractivity contribution >= 4 is 40.0 Å².